The number of halogens is 1. The van der Waals surface area contributed by atoms with Crippen molar-refractivity contribution < 1.29 is 14.3 Å². The van der Waals surface area contributed by atoms with Gasteiger partial charge in [-0.05, 0) is 49.1 Å². The van der Waals surface area contributed by atoms with Crippen LogP contribution in [0.2, 0.25) is 5.02 Å². The van der Waals surface area contributed by atoms with Gasteiger partial charge in [-0.1, -0.05) is 29.8 Å². The zero-order valence-corrected chi connectivity index (χ0v) is 14.3. The minimum atomic E-state index is -1.16. The van der Waals surface area contributed by atoms with Crippen LogP contribution in [0, 0.1) is 5.41 Å². The van der Waals surface area contributed by atoms with Crippen molar-refractivity contribution >= 4 is 29.0 Å². The molecule has 2 aromatic carbocycles. The Labute approximate surface area is 150 Å². The number of fused-ring (bicyclic) bond motifs is 5. The number of ketones is 1. The Kier molecular flexibility index (Phi) is 3.04. The highest BCUT2D eigenvalue weighted by atomic mass is 35.5. The molecule has 2 aromatic rings. The van der Waals surface area contributed by atoms with Crippen LogP contribution >= 0.6 is 11.6 Å². The third-order valence-corrected chi connectivity index (χ3v) is 5.99. The number of benzene rings is 2. The number of rotatable bonds is 0. The van der Waals surface area contributed by atoms with Gasteiger partial charge in [0.15, 0.2) is 11.2 Å². The Bertz CT molecular complexity index is 925. The molecule has 5 heteroatoms. The minimum Gasteiger partial charge on any atom is -0.425 e. The lowest BCUT2D eigenvalue weighted by Crippen LogP contribution is -2.61. The smallest absolute Gasteiger partial charge is 0.327 e. The molecule has 1 spiro atoms. The van der Waals surface area contributed by atoms with Gasteiger partial charge < -0.3 is 9.64 Å². The molecule has 0 saturated carbocycles. The monoisotopic (exact) mass is 353 g/mol. The molecule has 4 nitrogen and oxygen atoms in total. The molecule has 3 aliphatic rings. The number of carbonyl (C=O) groups is 2. The Morgan fingerprint density at radius 3 is 2.88 bits per heavy atom. The van der Waals surface area contributed by atoms with Crippen molar-refractivity contribution in [1.82, 2.24) is 0 Å². The van der Waals surface area contributed by atoms with Crippen molar-refractivity contribution in [3.05, 3.63) is 58.6 Å². The SMILES string of the molecule is O=C1Oc2ccccc2C(=O)[C@]12Cc1ccc(Cl)cc1N1CCC[C@@H]12. The van der Waals surface area contributed by atoms with Gasteiger partial charge >= 0.3 is 5.97 Å². The molecule has 0 aromatic heterocycles. The van der Waals surface area contributed by atoms with Gasteiger partial charge in [-0.25, -0.2) is 0 Å². The van der Waals surface area contributed by atoms with E-state index >= 15 is 0 Å². The second-order valence-corrected chi connectivity index (χ2v) is 7.42. The third-order valence-electron chi connectivity index (χ3n) is 5.75. The van der Waals surface area contributed by atoms with Gasteiger partial charge in [0.05, 0.1) is 11.6 Å². The molecule has 0 radical (unpaired) electrons. The molecule has 0 aliphatic carbocycles. The molecule has 126 valence electrons. The molecule has 0 unspecified atom stereocenters. The number of esters is 1. The summed E-state index contributed by atoms with van der Waals surface area (Å²) >= 11 is 6.18. The molecule has 0 bridgehead atoms. The van der Waals surface area contributed by atoms with E-state index in [1.807, 2.05) is 24.3 Å². The van der Waals surface area contributed by atoms with Crippen LogP contribution in [-0.4, -0.2) is 24.3 Å². The summed E-state index contributed by atoms with van der Waals surface area (Å²) in [5.41, 5.74) is 1.37. The Morgan fingerprint density at radius 2 is 2.00 bits per heavy atom. The first-order valence-corrected chi connectivity index (χ1v) is 8.90. The molecule has 3 heterocycles. The van der Waals surface area contributed by atoms with Gasteiger partial charge in [-0.3, -0.25) is 9.59 Å². The zero-order chi connectivity index (χ0) is 17.2. The molecule has 1 fully saturated rings. The van der Waals surface area contributed by atoms with Gasteiger partial charge in [0.25, 0.3) is 0 Å². The van der Waals surface area contributed by atoms with E-state index in [1.54, 1.807) is 18.2 Å². The largest absolute Gasteiger partial charge is 0.425 e. The van der Waals surface area contributed by atoms with Gasteiger partial charge in [0.2, 0.25) is 0 Å². The predicted octanol–water partition coefficient (Wildman–Crippen LogP) is 3.65. The lowest BCUT2D eigenvalue weighted by atomic mass is 9.66. The van der Waals surface area contributed by atoms with Crippen molar-refractivity contribution in [2.75, 3.05) is 11.4 Å². The summed E-state index contributed by atoms with van der Waals surface area (Å²) in [6, 6.07) is 12.5. The molecule has 5 rings (SSSR count). The van der Waals surface area contributed by atoms with Gasteiger partial charge in [-0.2, -0.15) is 0 Å². The van der Waals surface area contributed by atoms with E-state index in [1.165, 1.54) is 0 Å². The van der Waals surface area contributed by atoms with Crippen LogP contribution in [-0.2, 0) is 11.2 Å². The Balaban J connectivity index is 1.72. The van der Waals surface area contributed by atoms with Crippen molar-refractivity contribution in [1.29, 1.82) is 0 Å². The van der Waals surface area contributed by atoms with E-state index in [0.29, 0.717) is 22.8 Å². The normalized spacial score (nSPS) is 26.9. The Hall–Kier alpha value is -2.33. The molecule has 2 atom stereocenters. The number of Topliss-reactive ketones (excluding diaryl/α,β-unsaturated/α-hetero) is 1. The molecule has 0 amide bonds. The van der Waals surface area contributed by atoms with Gasteiger partial charge in [0, 0.05) is 17.3 Å². The molecule has 0 N–H and O–H groups in total. The van der Waals surface area contributed by atoms with E-state index in [2.05, 4.69) is 4.90 Å². The first kappa shape index (κ1) is 15.0. The quantitative estimate of drug-likeness (QED) is 0.412. The highest BCUT2D eigenvalue weighted by Crippen LogP contribution is 2.51. The average Bonchev–Trinajstić information content (AvgIpc) is 3.11. The minimum absolute atomic E-state index is 0.114. The van der Waals surface area contributed by atoms with Crippen molar-refractivity contribution in [2.24, 2.45) is 5.41 Å². The van der Waals surface area contributed by atoms with Crippen LogP contribution in [0.4, 0.5) is 5.69 Å². The number of hydrogen-bond acceptors (Lipinski definition) is 4. The number of nitrogens with zero attached hydrogens (tertiary/aromatic N) is 1. The summed E-state index contributed by atoms with van der Waals surface area (Å²) in [6.45, 7) is 0.821. The van der Waals surface area contributed by atoms with E-state index in [4.69, 9.17) is 16.3 Å². The predicted molar refractivity (Wildman–Crippen MR) is 94.4 cm³/mol. The highest BCUT2D eigenvalue weighted by Gasteiger charge is 2.61. The maximum atomic E-state index is 13.5. The summed E-state index contributed by atoms with van der Waals surface area (Å²) in [7, 11) is 0. The first-order valence-electron chi connectivity index (χ1n) is 8.52. The second-order valence-electron chi connectivity index (χ2n) is 6.99. The number of para-hydroxylation sites is 1. The van der Waals surface area contributed by atoms with E-state index in [0.717, 1.165) is 30.6 Å². The lowest BCUT2D eigenvalue weighted by molar-refractivity contribution is -0.145. The number of ether oxygens (including phenoxy) is 1. The van der Waals surface area contributed by atoms with Crippen LogP contribution < -0.4 is 9.64 Å². The summed E-state index contributed by atoms with van der Waals surface area (Å²) < 4.78 is 5.63. The summed E-state index contributed by atoms with van der Waals surface area (Å²) in [5, 5.41) is 0.670. The maximum absolute atomic E-state index is 13.5. The zero-order valence-electron chi connectivity index (χ0n) is 13.5. The van der Waals surface area contributed by atoms with Gasteiger partial charge in [-0.15, -0.1) is 0 Å². The van der Waals surface area contributed by atoms with E-state index in [-0.39, 0.29) is 11.8 Å². The summed E-state index contributed by atoms with van der Waals surface area (Å²) in [5.74, 6) is -0.167. The van der Waals surface area contributed by atoms with Crippen LogP contribution in [0.1, 0.15) is 28.8 Å². The standard InChI is InChI=1S/C20H16ClNO3/c21-13-8-7-12-11-20(17-6-3-9-22(17)15(12)10-13)18(23)14-4-1-2-5-16(14)25-19(20)24/h1-2,4-5,7-8,10,17H,3,6,9,11H2/t17-,20-/m1/s1. The van der Waals surface area contributed by atoms with Crippen LogP contribution in [0.3, 0.4) is 0 Å². The lowest BCUT2D eigenvalue weighted by Gasteiger charge is -2.47. The Morgan fingerprint density at radius 1 is 1.16 bits per heavy atom. The third kappa shape index (κ3) is 1.89. The molecular weight excluding hydrogens is 338 g/mol. The fourth-order valence-electron chi connectivity index (χ4n) is 4.65. The molecular formula is C20H16ClNO3. The van der Waals surface area contributed by atoms with Gasteiger partial charge in [0.1, 0.15) is 5.75 Å². The van der Waals surface area contributed by atoms with E-state index < -0.39 is 11.4 Å². The molecule has 25 heavy (non-hydrogen) atoms. The van der Waals surface area contributed by atoms with E-state index in [9.17, 15) is 9.59 Å². The van der Waals surface area contributed by atoms with Crippen LogP contribution in [0.15, 0.2) is 42.5 Å². The fourth-order valence-corrected chi connectivity index (χ4v) is 4.81. The fraction of sp³-hybridized carbons (Fsp3) is 0.300. The number of anilines is 1. The number of hydrogen-bond donors (Lipinski definition) is 0. The topological polar surface area (TPSA) is 46.6 Å². The summed E-state index contributed by atoms with van der Waals surface area (Å²) in [6.07, 6.45) is 2.11. The number of carbonyl (C=O) groups excluding carboxylic acids is 2. The van der Waals surface area contributed by atoms with Crippen molar-refractivity contribution in [3.8, 4) is 5.75 Å². The van der Waals surface area contributed by atoms with Crippen LogP contribution in [0.25, 0.3) is 0 Å². The van der Waals surface area contributed by atoms with Crippen LogP contribution in [0.5, 0.6) is 5.75 Å². The summed E-state index contributed by atoms with van der Waals surface area (Å²) in [4.78, 5) is 28.7. The first-order chi connectivity index (χ1) is 12.1. The molecule has 1 saturated heterocycles. The second kappa shape index (κ2) is 5.09. The maximum Gasteiger partial charge on any atom is 0.327 e. The highest BCUT2D eigenvalue weighted by molar-refractivity contribution is 6.31. The molecule has 3 aliphatic heterocycles. The average molecular weight is 354 g/mol. The van der Waals surface area contributed by atoms with Crippen molar-refractivity contribution in [3.63, 3.8) is 0 Å². The van der Waals surface area contributed by atoms with Crippen molar-refractivity contribution in [2.45, 2.75) is 25.3 Å².